The molecular weight excluding hydrogens is 432 g/mol. The number of benzene rings is 1. The standard InChI is InChI=1S/C32H42O3/c1-34-32(35-2)26-14-10-23(11-15-26)20-22-8-12-25(13-9-22)31-29(24-6-4-3-5-7-24)18-16-27-21-28(33)17-19-30(27)31/h3-6,8,17,19-21,24-26,29,31-33H,7,9-16,18H2,1-2H3/t24?,25?,26?,29-,31+/m1/s1. The fourth-order valence-electron chi connectivity index (χ4n) is 7.37. The molecule has 0 saturated heterocycles. The first-order valence-corrected chi connectivity index (χ1v) is 13.8. The summed E-state index contributed by atoms with van der Waals surface area (Å²) >= 11 is 0. The van der Waals surface area contributed by atoms with Gasteiger partial charge in [-0.2, -0.15) is 0 Å². The first-order valence-electron chi connectivity index (χ1n) is 13.8. The fourth-order valence-corrected chi connectivity index (χ4v) is 7.37. The van der Waals surface area contributed by atoms with Crippen LogP contribution in [0.15, 0.2) is 65.8 Å². The number of hydrogen-bond donors (Lipinski definition) is 1. The first-order chi connectivity index (χ1) is 17.2. The van der Waals surface area contributed by atoms with E-state index in [1.165, 1.54) is 43.2 Å². The monoisotopic (exact) mass is 474 g/mol. The number of ether oxygens (including phenoxy) is 2. The van der Waals surface area contributed by atoms with Crippen LogP contribution in [-0.2, 0) is 15.9 Å². The molecule has 0 radical (unpaired) electrons. The highest BCUT2D eigenvalue weighted by atomic mass is 16.7. The zero-order chi connectivity index (χ0) is 24.2. The van der Waals surface area contributed by atoms with Crippen LogP contribution in [0.1, 0.15) is 74.8 Å². The van der Waals surface area contributed by atoms with E-state index in [-0.39, 0.29) is 6.29 Å². The summed E-state index contributed by atoms with van der Waals surface area (Å²) in [6.45, 7) is 0. The van der Waals surface area contributed by atoms with Gasteiger partial charge in [-0.25, -0.2) is 0 Å². The van der Waals surface area contributed by atoms with Gasteiger partial charge < -0.3 is 14.6 Å². The van der Waals surface area contributed by atoms with Crippen molar-refractivity contribution >= 4 is 0 Å². The number of allylic oxidation sites excluding steroid dienone is 8. The third-order valence-electron chi connectivity index (χ3n) is 9.16. The highest BCUT2D eigenvalue weighted by molar-refractivity contribution is 5.41. The van der Waals surface area contributed by atoms with E-state index in [9.17, 15) is 5.11 Å². The highest BCUT2D eigenvalue weighted by Gasteiger charge is 2.39. The van der Waals surface area contributed by atoms with Gasteiger partial charge in [0.05, 0.1) is 0 Å². The normalized spacial score (nSPS) is 30.8. The molecule has 0 aromatic heterocycles. The molecule has 0 spiro atoms. The van der Waals surface area contributed by atoms with Gasteiger partial charge in [-0.15, -0.1) is 0 Å². The number of aryl methyl sites for hydroxylation is 1. The summed E-state index contributed by atoms with van der Waals surface area (Å²) in [7, 11) is 3.50. The zero-order valence-electron chi connectivity index (χ0n) is 21.5. The lowest BCUT2D eigenvalue weighted by atomic mass is 9.61. The Kier molecular flexibility index (Phi) is 7.94. The van der Waals surface area contributed by atoms with Crippen LogP contribution in [0.2, 0.25) is 0 Å². The van der Waals surface area contributed by atoms with Crippen LogP contribution in [0.5, 0.6) is 5.75 Å². The average molecular weight is 475 g/mol. The number of aromatic hydroxyl groups is 1. The molecule has 1 saturated carbocycles. The quantitative estimate of drug-likeness (QED) is 0.431. The lowest BCUT2D eigenvalue weighted by molar-refractivity contribution is -0.141. The number of methoxy groups -OCH3 is 2. The minimum absolute atomic E-state index is 0.0612. The van der Waals surface area contributed by atoms with Gasteiger partial charge in [0.15, 0.2) is 6.29 Å². The van der Waals surface area contributed by atoms with Crippen molar-refractivity contribution in [2.24, 2.45) is 23.7 Å². The Bertz CT molecular complexity index is 986. The largest absolute Gasteiger partial charge is 0.508 e. The van der Waals surface area contributed by atoms with Crippen molar-refractivity contribution in [1.29, 1.82) is 0 Å². The van der Waals surface area contributed by atoms with E-state index in [0.717, 1.165) is 32.1 Å². The number of phenols is 1. The number of hydrogen-bond acceptors (Lipinski definition) is 3. The first kappa shape index (κ1) is 24.6. The molecule has 5 rings (SSSR count). The van der Waals surface area contributed by atoms with E-state index in [1.54, 1.807) is 25.4 Å². The second kappa shape index (κ2) is 11.3. The molecule has 0 bridgehead atoms. The van der Waals surface area contributed by atoms with Crippen molar-refractivity contribution in [1.82, 2.24) is 0 Å². The van der Waals surface area contributed by atoms with E-state index in [1.807, 2.05) is 12.1 Å². The van der Waals surface area contributed by atoms with Crippen molar-refractivity contribution in [3.63, 3.8) is 0 Å². The predicted octanol–water partition coefficient (Wildman–Crippen LogP) is 7.63. The van der Waals surface area contributed by atoms with Crippen LogP contribution < -0.4 is 0 Å². The van der Waals surface area contributed by atoms with E-state index in [0.29, 0.717) is 35.3 Å². The van der Waals surface area contributed by atoms with Crippen LogP contribution in [0.3, 0.4) is 0 Å². The van der Waals surface area contributed by atoms with Crippen LogP contribution in [-0.4, -0.2) is 25.6 Å². The molecule has 3 heteroatoms. The fraction of sp³-hybridized carbons (Fsp3) is 0.562. The molecule has 1 N–H and O–H groups in total. The molecule has 2 unspecified atom stereocenters. The third-order valence-corrected chi connectivity index (χ3v) is 9.16. The van der Waals surface area contributed by atoms with Crippen molar-refractivity contribution in [3.05, 3.63) is 76.9 Å². The van der Waals surface area contributed by atoms with Gasteiger partial charge >= 0.3 is 0 Å². The van der Waals surface area contributed by atoms with Gasteiger partial charge in [-0.3, -0.25) is 0 Å². The van der Waals surface area contributed by atoms with Crippen LogP contribution in [0.4, 0.5) is 0 Å². The Labute approximate surface area is 211 Å². The second-order valence-corrected chi connectivity index (χ2v) is 11.1. The lowest BCUT2D eigenvalue weighted by Gasteiger charge is -2.43. The molecule has 1 fully saturated rings. The van der Waals surface area contributed by atoms with E-state index >= 15 is 0 Å². The minimum Gasteiger partial charge on any atom is -0.508 e. The molecule has 4 aliphatic carbocycles. The van der Waals surface area contributed by atoms with Gasteiger partial charge in [0.25, 0.3) is 0 Å². The molecule has 0 heterocycles. The Morgan fingerprint density at radius 3 is 2.46 bits per heavy atom. The SMILES string of the molecule is COC(OC)C1CCC(=CC2=CCC([C@@H]3c4ccc(O)cc4CC[C@@H]3C3C=CC=CC3)CC2)CC1. The Balaban J connectivity index is 1.29. The van der Waals surface area contributed by atoms with Crippen LogP contribution >= 0.6 is 0 Å². The Morgan fingerprint density at radius 1 is 0.943 bits per heavy atom. The summed E-state index contributed by atoms with van der Waals surface area (Å²) in [5, 5.41) is 10.1. The zero-order valence-corrected chi connectivity index (χ0v) is 21.5. The van der Waals surface area contributed by atoms with Gasteiger partial charge in [-0.1, -0.05) is 53.7 Å². The maximum Gasteiger partial charge on any atom is 0.159 e. The smallest absolute Gasteiger partial charge is 0.159 e. The number of fused-ring (bicyclic) bond motifs is 1. The maximum absolute atomic E-state index is 10.1. The Hall–Kier alpha value is -2.10. The molecule has 0 amide bonds. The molecule has 4 atom stereocenters. The average Bonchev–Trinajstić information content (AvgIpc) is 2.90. The minimum atomic E-state index is -0.0612. The van der Waals surface area contributed by atoms with Crippen molar-refractivity contribution in [3.8, 4) is 5.75 Å². The predicted molar refractivity (Wildman–Crippen MR) is 142 cm³/mol. The summed E-state index contributed by atoms with van der Waals surface area (Å²) in [6, 6.07) is 6.17. The Morgan fingerprint density at radius 2 is 1.77 bits per heavy atom. The molecule has 3 nitrogen and oxygen atoms in total. The summed E-state index contributed by atoms with van der Waals surface area (Å²) in [5.41, 5.74) is 6.03. The summed E-state index contributed by atoms with van der Waals surface area (Å²) < 4.78 is 11.0. The van der Waals surface area contributed by atoms with Gasteiger partial charge in [-0.05, 0) is 111 Å². The molecule has 1 aromatic rings. The van der Waals surface area contributed by atoms with Crippen LogP contribution in [0, 0.1) is 23.7 Å². The van der Waals surface area contributed by atoms with Gasteiger partial charge in [0.2, 0.25) is 0 Å². The topological polar surface area (TPSA) is 38.7 Å². The van der Waals surface area contributed by atoms with Crippen molar-refractivity contribution in [2.45, 2.75) is 76.4 Å². The summed E-state index contributed by atoms with van der Waals surface area (Å²) in [6.07, 6.45) is 26.0. The molecule has 1 aromatic carbocycles. The molecule has 4 aliphatic rings. The van der Waals surface area contributed by atoms with E-state index < -0.39 is 0 Å². The molecular formula is C32H42O3. The number of phenolic OH excluding ortho intramolecular Hbond substituents is 1. The van der Waals surface area contributed by atoms with Crippen molar-refractivity contribution < 1.29 is 14.6 Å². The number of rotatable bonds is 6. The van der Waals surface area contributed by atoms with E-state index in [2.05, 4.69) is 42.5 Å². The summed E-state index contributed by atoms with van der Waals surface area (Å²) in [5.74, 6) is 3.52. The van der Waals surface area contributed by atoms with Crippen LogP contribution in [0.25, 0.3) is 0 Å². The highest BCUT2D eigenvalue weighted by Crippen LogP contribution is 2.50. The molecule has 35 heavy (non-hydrogen) atoms. The molecule has 0 aliphatic heterocycles. The second-order valence-electron chi connectivity index (χ2n) is 11.1. The maximum atomic E-state index is 10.1. The lowest BCUT2D eigenvalue weighted by Crippen LogP contribution is -2.32. The molecule has 188 valence electrons. The third kappa shape index (κ3) is 5.52. The van der Waals surface area contributed by atoms with Gasteiger partial charge in [0, 0.05) is 20.1 Å². The summed E-state index contributed by atoms with van der Waals surface area (Å²) in [4.78, 5) is 0. The van der Waals surface area contributed by atoms with E-state index in [4.69, 9.17) is 9.47 Å². The van der Waals surface area contributed by atoms with Crippen molar-refractivity contribution in [2.75, 3.05) is 14.2 Å². The van der Waals surface area contributed by atoms with Gasteiger partial charge in [0.1, 0.15) is 5.75 Å².